The van der Waals surface area contributed by atoms with E-state index in [4.69, 9.17) is 4.74 Å². The van der Waals surface area contributed by atoms with Gasteiger partial charge in [0, 0.05) is 5.70 Å². The molecule has 1 atom stereocenters. The van der Waals surface area contributed by atoms with E-state index in [0.717, 1.165) is 11.1 Å². The van der Waals surface area contributed by atoms with Gasteiger partial charge in [-0.2, -0.15) is 10.1 Å². The summed E-state index contributed by atoms with van der Waals surface area (Å²) < 4.78 is 7.19. The van der Waals surface area contributed by atoms with Crippen molar-refractivity contribution in [3.8, 4) is 5.75 Å². The molecule has 0 radical (unpaired) electrons. The average Bonchev–Trinajstić information content (AvgIpc) is 3.14. The van der Waals surface area contributed by atoms with Crippen LogP contribution in [-0.4, -0.2) is 25.8 Å². The quantitative estimate of drug-likeness (QED) is 0.694. The predicted octanol–water partition coefficient (Wildman–Crippen LogP) is 3.02. The molecule has 3 aromatic rings. The van der Waals surface area contributed by atoms with Gasteiger partial charge in [0.25, 0.3) is 0 Å². The molecule has 1 aliphatic rings. The van der Waals surface area contributed by atoms with Crippen LogP contribution in [0.25, 0.3) is 0 Å². The Morgan fingerprint density at radius 2 is 1.93 bits per heavy atom. The molecule has 7 heteroatoms. The van der Waals surface area contributed by atoms with Crippen molar-refractivity contribution in [3.05, 3.63) is 83.3 Å². The third-order valence-electron chi connectivity index (χ3n) is 4.44. The van der Waals surface area contributed by atoms with Crippen molar-refractivity contribution in [1.29, 1.82) is 0 Å². The van der Waals surface area contributed by atoms with Crippen molar-refractivity contribution in [2.24, 2.45) is 0 Å². The van der Waals surface area contributed by atoms with Gasteiger partial charge in [0.1, 0.15) is 24.7 Å². The van der Waals surface area contributed by atoms with E-state index in [1.165, 1.54) is 6.33 Å². The Labute approximate surface area is 155 Å². The molecule has 2 aromatic carbocycles. The molecule has 27 heavy (non-hydrogen) atoms. The standard InChI is InChI=1S/C20H18N4O3/c1-13-17(19(26)27-11-14-5-3-2-4-6-14)18(15-7-9-16(25)10-8-15)24-20(23-13)21-12-22-24/h2-10,12,18,25H,11H2,1H3,(H,21,22,23). The van der Waals surface area contributed by atoms with Gasteiger partial charge in [0.15, 0.2) is 0 Å². The van der Waals surface area contributed by atoms with Crippen LogP contribution in [0.15, 0.2) is 72.2 Å². The summed E-state index contributed by atoms with van der Waals surface area (Å²) in [6.07, 6.45) is 1.43. The first-order chi connectivity index (χ1) is 13.1. The molecule has 0 fully saturated rings. The number of aromatic hydroxyl groups is 1. The lowest BCUT2D eigenvalue weighted by Crippen LogP contribution is -2.29. The number of carbonyl (C=O) groups excluding carboxylic acids is 1. The smallest absolute Gasteiger partial charge is 0.338 e. The summed E-state index contributed by atoms with van der Waals surface area (Å²) in [5.74, 6) is 0.272. The number of nitrogens with zero attached hydrogens (tertiary/aromatic N) is 3. The fourth-order valence-corrected chi connectivity index (χ4v) is 3.12. The molecule has 2 N–H and O–H groups in total. The van der Waals surface area contributed by atoms with Crippen LogP contribution < -0.4 is 5.32 Å². The van der Waals surface area contributed by atoms with Crippen molar-refractivity contribution < 1.29 is 14.6 Å². The minimum atomic E-state index is -0.493. The minimum Gasteiger partial charge on any atom is -0.508 e. The molecule has 136 valence electrons. The molecule has 0 spiro atoms. The molecule has 1 unspecified atom stereocenters. The SMILES string of the molecule is CC1=C(C(=O)OCc2ccccc2)C(c2ccc(O)cc2)n2ncnc2N1. The van der Waals surface area contributed by atoms with Gasteiger partial charge < -0.3 is 15.2 Å². The van der Waals surface area contributed by atoms with Gasteiger partial charge in [-0.3, -0.25) is 0 Å². The molecule has 0 bridgehead atoms. The highest BCUT2D eigenvalue weighted by atomic mass is 16.5. The number of anilines is 1. The first-order valence-corrected chi connectivity index (χ1v) is 8.51. The van der Waals surface area contributed by atoms with Gasteiger partial charge in [-0.25, -0.2) is 9.48 Å². The van der Waals surface area contributed by atoms with Crippen LogP contribution in [0.4, 0.5) is 5.95 Å². The van der Waals surface area contributed by atoms with Crippen LogP contribution in [0.5, 0.6) is 5.75 Å². The number of benzene rings is 2. The maximum Gasteiger partial charge on any atom is 0.338 e. The van der Waals surface area contributed by atoms with E-state index in [1.54, 1.807) is 28.9 Å². The van der Waals surface area contributed by atoms with Crippen LogP contribution in [0.1, 0.15) is 24.1 Å². The van der Waals surface area contributed by atoms with Crippen molar-refractivity contribution in [2.75, 3.05) is 5.32 Å². The predicted molar refractivity (Wildman–Crippen MR) is 98.8 cm³/mol. The van der Waals surface area contributed by atoms with E-state index in [-0.39, 0.29) is 12.4 Å². The number of carbonyl (C=O) groups is 1. The number of hydrogen-bond acceptors (Lipinski definition) is 6. The molecular weight excluding hydrogens is 344 g/mol. The number of phenols is 1. The lowest BCUT2D eigenvalue weighted by atomic mass is 9.96. The van der Waals surface area contributed by atoms with Crippen molar-refractivity contribution in [1.82, 2.24) is 14.8 Å². The first-order valence-electron chi connectivity index (χ1n) is 8.51. The molecule has 0 amide bonds. The second kappa shape index (κ2) is 6.95. The summed E-state index contributed by atoms with van der Waals surface area (Å²) in [7, 11) is 0. The Balaban J connectivity index is 1.67. The fraction of sp³-hybridized carbons (Fsp3) is 0.150. The number of ether oxygens (including phenoxy) is 1. The molecule has 4 rings (SSSR count). The number of allylic oxidation sites excluding steroid dienone is 1. The third kappa shape index (κ3) is 3.27. The Morgan fingerprint density at radius 1 is 1.19 bits per heavy atom. The molecular formula is C20H18N4O3. The lowest BCUT2D eigenvalue weighted by Gasteiger charge is -2.28. The Kier molecular flexibility index (Phi) is 4.33. The highest BCUT2D eigenvalue weighted by Crippen LogP contribution is 2.35. The van der Waals surface area contributed by atoms with Crippen molar-refractivity contribution >= 4 is 11.9 Å². The van der Waals surface area contributed by atoms with E-state index in [9.17, 15) is 9.90 Å². The van der Waals surface area contributed by atoms with Crippen LogP contribution in [0, 0.1) is 0 Å². The number of esters is 1. The molecule has 7 nitrogen and oxygen atoms in total. The number of hydrogen-bond donors (Lipinski definition) is 2. The van der Waals surface area contributed by atoms with E-state index in [1.807, 2.05) is 37.3 Å². The van der Waals surface area contributed by atoms with Gasteiger partial charge in [-0.15, -0.1) is 0 Å². The maximum absolute atomic E-state index is 12.9. The van der Waals surface area contributed by atoms with E-state index in [0.29, 0.717) is 17.2 Å². The largest absolute Gasteiger partial charge is 0.508 e. The number of phenolic OH excluding ortho intramolecular Hbond substituents is 1. The van der Waals surface area contributed by atoms with E-state index >= 15 is 0 Å². The normalized spacial score (nSPS) is 15.8. The minimum absolute atomic E-state index is 0.153. The number of fused-ring (bicyclic) bond motifs is 1. The van der Waals surface area contributed by atoms with Gasteiger partial charge in [-0.05, 0) is 30.2 Å². The van der Waals surface area contributed by atoms with Crippen LogP contribution in [0.3, 0.4) is 0 Å². The van der Waals surface area contributed by atoms with Gasteiger partial charge in [-0.1, -0.05) is 42.5 Å². The Hall–Kier alpha value is -3.61. The summed E-state index contributed by atoms with van der Waals surface area (Å²) >= 11 is 0. The van der Waals surface area contributed by atoms with E-state index in [2.05, 4.69) is 15.4 Å². The second-order valence-corrected chi connectivity index (χ2v) is 6.25. The molecule has 0 saturated carbocycles. The zero-order valence-corrected chi connectivity index (χ0v) is 14.7. The summed E-state index contributed by atoms with van der Waals surface area (Å²) in [6, 6.07) is 15.7. The van der Waals surface area contributed by atoms with Crippen LogP contribution in [-0.2, 0) is 16.1 Å². The zero-order valence-electron chi connectivity index (χ0n) is 14.7. The maximum atomic E-state index is 12.9. The summed E-state index contributed by atoms with van der Waals surface area (Å²) in [6.45, 7) is 1.99. The van der Waals surface area contributed by atoms with E-state index < -0.39 is 12.0 Å². The summed E-state index contributed by atoms with van der Waals surface area (Å²) in [5, 5.41) is 17.0. The first kappa shape index (κ1) is 16.8. The molecule has 1 aliphatic heterocycles. The molecule has 0 saturated heterocycles. The lowest BCUT2D eigenvalue weighted by molar-refractivity contribution is -0.140. The Bertz CT molecular complexity index is 994. The van der Waals surface area contributed by atoms with Gasteiger partial charge in [0.05, 0.1) is 5.57 Å². The number of rotatable bonds is 4. The summed E-state index contributed by atoms with van der Waals surface area (Å²) in [5.41, 5.74) is 2.82. The molecule has 0 aliphatic carbocycles. The van der Waals surface area contributed by atoms with Crippen LogP contribution >= 0.6 is 0 Å². The van der Waals surface area contributed by atoms with Crippen molar-refractivity contribution in [3.63, 3.8) is 0 Å². The zero-order chi connectivity index (χ0) is 18.8. The average molecular weight is 362 g/mol. The van der Waals surface area contributed by atoms with Crippen LogP contribution in [0.2, 0.25) is 0 Å². The Morgan fingerprint density at radius 3 is 2.67 bits per heavy atom. The van der Waals surface area contributed by atoms with Crippen molar-refractivity contribution in [2.45, 2.75) is 19.6 Å². The third-order valence-corrected chi connectivity index (χ3v) is 4.44. The topological polar surface area (TPSA) is 89.3 Å². The molecule has 2 heterocycles. The summed E-state index contributed by atoms with van der Waals surface area (Å²) in [4.78, 5) is 17.1. The fourth-order valence-electron chi connectivity index (χ4n) is 3.12. The highest BCUT2D eigenvalue weighted by Gasteiger charge is 2.34. The van der Waals surface area contributed by atoms with Gasteiger partial charge >= 0.3 is 5.97 Å². The van der Waals surface area contributed by atoms with Gasteiger partial charge in [0.2, 0.25) is 5.95 Å². The monoisotopic (exact) mass is 362 g/mol. The number of nitrogens with one attached hydrogen (secondary N) is 1. The molecule has 1 aromatic heterocycles. The second-order valence-electron chi connectivity index (χ2n) is 6.25. The highest BCUT2D eigenvalue weighted by molar-refractivity contribution is 5.92. The number of aromatic nitrogens is 3.